The highest BCUT2D eigenvalue weighted by Gasteiger charge is 2.36. The van der Waals surface area contributed by atoms with E-state index in [-0.39, 0.29) is 34.9 Å². The van der Waals surface area contributed by atoms with Gasteiger partial charge in [-0.2, -0.15) is 13.2 Å². The number of benzene rings is 1. The Bertz CT molecular complexity index is 588. The van der Waals surface area contributed by atoms with Gasteiger partial charge in [-0.25, -0.2) is 4.39 Å². The van der Waals surface area contributed by atoms with Crippen LogP contribution in [0.2, 0.25) is 0 Å². The van der Waals surface area contributed by atoms with Crippen LogP contribution in [0, 0.1) is 5.82 Å². The molecule has 1 aromatic carbocycles. The van der Waals surface area contributed by atoms with Crippen LogP contribution in [-0.2, 0) is 15.8 Å². The van der Waals surface area contributed by atoms with Crippen LogP contribution in [0.1, 0.15) is 18.9 Å². The molecule has 2 rings (SSSR count). The lowest BCUT2D eigenvalue weighted by Gasteiger charge is -2.18. The summed E-state index contributed by atoms with van der Waals surface area (Å²) in [5, 5.41) is -0.409. The molecule has 1 aliphatic heterocycles. The van der Waals surface area contributed by atoms with Gasteiger partial charge in [-0.15, -0.1) is 0 Å². The molecule has 0 bridgehead atoms. The SMILES string of the molecule is CC(=O)SC1CC(=O)N(c2ccc(C(F)(F)F)c(F)c2)C1. The number of halogens is 4. The molecule has 1 saturated heterocycles. The molecule has 1 aromatic rings. The fourth-order valence-corrected chi connectivity index (χ4v) is 3.06. The Labute approximate surface area is 122 Å². The van der Waals surface area contributed by atoms with Gasteiger partial charge in [0.15, 0.2) is 5.12 Å². The number of carbonyl (C=O) groups is 2. The fourth-order valence-electron chi connectivity index (χ4n) is 2.14. The van der Waals surface area contributed by atoms with E-state index in [1.165, 1.54) is 11.8 Å². The van der Waals surface area contributed by atoms with E-state index in [0.717, 1.165) is 17.8 Å². The molecule has 8 heteroatoms. The number of hydrogen-bond donors (Lipinski definition) is 0. The average molecular weight is 321 g/mol. The lowest BCUT2D eigenvalue weighted by molar-refractivity contribution is -0.140. The zero-order valence-corrected chi connectivity index (χ0v) is 11.7. The summed E-state index contributed by atoms with van der Waals surface area (Å²) < 4.78 is 51.0. The van der Waals surface area contributed by atoms with Crippen LogP contribution in [0.15, 0.2) is 18.2 Å². The number of rotatable bonds is 2. The van der Waals surface area contributed by atoms with E-state index in [0.29, 0.717) is 12.1 Å². The molecule has 0 N–H and O–H groups in total. The molecule has 3 nitrogen and oxygen atoms in total. The Kier molecular flexibility index (Phi) is 4.27. The van der Waals surface area contributed by atoms with Crippen LogP contribution in [0.25, 0.3) is 0 Å². The van der Waals surface area contributed by atoms with Crippen molar-refractivity contribution in [2.24, 2.45) is 0 Å². The highest BCUT2D eigenvalue weighted by atomic mass is 32.2. The average Bonchev–Trinajstić information content (AvgIpc) is 2.67. The van der Waals surface area contributed by atoms with Gasteiger partial charge in [0.05, 0.1) is 5.56 Å². The summed E-state index contributed by atoms with van der Waals surface area (Å²) in [5.41, 5.74) is -1.30. The molecule has 0 aromatic heterocycles. The van der Waals surface area contributed by atoms with Crippen molar-refractivity contribution in [1.29, 1.82) is 0 Å². The number of thioether (sulfide) groups is 1. The molecule has 1 amide bonds. The second-order valence-corrected chi connectivity index (χ2v) is 6.08. The Morgan fingerprint density at radius 3 is 2.57 bits per heavy atom. The predicted molar refractivity (Wildman–Crippen MR) is 70.4 cm³/mol. The van der Waals surface area contributed by atoms with Gasteiger partial charge in [0.2, 0.25) is 5.91 Å². The van der Waals surface area contributed by atoms with Gasteiger partial charge in [0.25, 0.3) is 0 Å². The number of carbonyl (C=O) groups excluding carboxylic acids is 2. The minimum Gasteiger partial charge on any atom is -0.311 e. The summed E-state index contributed by atoms with van der Waals surface area (Å²) in [5.74, 6) is -1.76. The largest absolute Gasteiger partial charge is 0.419 e. The number of anilines is 1. The summed E-state index contributed by atoms with van der Waals surface area (Å²) in [4.78, 5) is 24.0. The number of amides is 1. The number of hydrogen-bond acceptors (Lipinski definition) is 3. The van der Waals surface area contributed by atoms with Gasteiger partial charge >= 0.3 is 6.18 Å². The molecule has 0 radical (unpaired) electrons. The minimum atomic E-state index is -4.77. The molecule has 0 aliphatic carbocycles. The van der Waals surface area contributed by atoms with Crippen molar-refractivity contribution in [3.8, 4) is 0 Å². The van der Waals surface area contributed by atoms with Crippen LogP contribution >= 0.6 is 11.8 Å². The summed E-state index contributed by atoms with van der Waals surface area (Å²) >= 11 is 1.00. The van der Waals surface area contributed by atoms with E-state index in [2.05, 4.69) is 0 Å². The topological polar surface area (TPSA) is 37.4 Å². The Morgan fingerprint density at radius 2 is 2.05 bits per heavy atom. The van der Waals surface area contributed by atoms with Crippen LogP contribution in [0.4, 0.5) is 23.2 Å². The predicted octanol–water partition coefficient (Wildman–Crippen LogP) is 3.23. The van der Waals surface area contributed by atoms with Crippen molar-refractivity contribution >= 4 is 28.5 Å². The van der Waals surface area contributed by atoms with Crippen molar-refractivity contribution in [2.75, 3.05) is 11.4 Å². The van der Waals surface area contributed by atoms with Crippen LogP contribution in [0.3, 0.4) is 0 Å². The smallest absolute Gasteiger partial charge is 0.311 e. The maximum atomic E-state index is 13.5. The molecule has 1 unspecified atom stereocenters. The number of alkyl halides is 3. The normalized spacial score (nSPS) is 19.2. The van der Waals surface area contributed by atoms with Gasteiger partial charge in [0.1, 0.15) is 5.82 Å². The molecule has 1 heterocycles. The summed E-state index contributed by atoms with van der Waals surface area (Å²) in [6.45, 7) is 1.55. The standard InChI is InChI=1S/C13H11F4NO2S/c1-7(19)21-9-5-12(20)18(6-9)8-2-3-10(11(14)4-8)13(15,16)17/h2-4,9H,5-6H2,1H3. The van der Waals surface area contributed by atoms with E-state index in [9.17, 15) is 27.2 Å². The van der Waals surface area contributed by atoms with Gasteiger partial charge in [-0.05, 0) is 18.2 Å². The molecule has 114 valence electrons. The quantitative estimate of drug-likeness (QED) is 0.785. The second kappa shape index (κ2) is 5.67. The lowest BCUT2D eigenvalue weighted by Crippen LogP contribution is -2.25. The van der Waals surface area contributed by atoms with Crippen LogP contribution in [0.5, 0.6) is 0 Å². The number of nitrogens with zero attached hydrogens (tertiary/aromatic N) is 1. The maximum absolute atomic E-state index is 13.5. The van der Waals surface area contributed by atoms with E-state index >= 15 is 0 Å². The summed E-state index contributed by atoms with van der Waals surface area (Å²) in [7, 11) is 0. The van der Waals surface area contributed by atoms with Crippen molar-refractivity contribution < 1.29 is 27.2 Å². The third-order valence-corrected chi connectivity index (χ3v) is 3.97. The Morgan fingerprint density at radius 1 is 1.38 bits per heavy atom. The Balaban J connectivity index is 2.21. The van der Waals surface area contributed by atoms with Crippen molar-refractivity contribution in [2.45, 2.75) is 24.8 Å². The van der Waals surface area contributed by atoms with E-state index in [4.69, 9.17) is 0 Å². The molecule has 1 aliphatic rings. The maximum Gasteiger partial charge on any atom is 0.419 e. The zero-order chi connectivity index (χ0) is 15.8. The van der Waals surface area contributed by atoms with Crippen molar-refractivity contribution in [3.05, 3.63) is 29.6 Å². The van der Waals surface area contributed by atoms with Gasteiger partial charge in [-0.1, -0.05) is 11.8 Å². The van der Waals surface area contributed by atoms with Gasteiger partial charge in [-0.3, -0.25) is 9.59 Å². The molecule has 1 fully saturated rings. The van der Waals surface area contributed by atoms with Gasteiger partial charge < -0.3 is 4.90 Å². The molecule has 0 spiro atoms. The fraction of sp³-hybridized carbons (Fsp3) is 0.385. The highest BCUT2D eigenvalue weighted by molar-refractivity contribution is 8.14. The zero-order valence-electron chi connectivity index (χ0n) is 10.9. The second-order valence-electron chi connectivity index (χ2n) is 4.60. The highest BCUT2D eigenvalue weighted by Crippen LogP contribution is 2.35. The minimum absolute atomic E-state index is 0.0668. The van der Waals surface area contributed by atoms with E-state index in [1.807, 2.05) is 0 Å². The lowest BCUT2D eigenvalue weighted by atomic mass is 10.1. The van der Waals surface area contributed by atoms with E-state index < -0.39 is 17.6 Å². The van der Waals surface area contributed by atoms with Crippen LogP contribution < -0.4 is 4.90 Å². The summed E-state index contributed by atoms with van der Waals surface area (Å²) in [6, 6.07) is 2.37. The Hall–Kier alpha value is -1.57. The first-order valence-electron chi connectivity index (χ1n) is 6.03. The first-order valence-corrected chi connectivity index (χ1v) is 6.91. The van der Waals surface area contributed by atoms with Crippen molar-refractivity contribution in [1.82, 2.24) is 0 Å². The van der Waals surface area contributed by atoms with E-state index in [1.54, 1.807) is 0 Å². The molecule has 1 atom stereocenters. The molecule has 21 heavy (non-hydrogen) atoms. The third kappa shape index (κ3) is 3.55. The molecular weight excluding hydrogens is 310 g/mol. The molecule has 0 saturated carbocycles. The third-order valence-electron chi connectivity index (χ3n) is 2.99. The van der Waals surface area contributed by atoms with Gasteiger partial charge in [0, 0.05) is 30.8 Å². The first-order chi connectivity index (χ1) is 9.68. The monoisotopic (exact) mass is 321 g/mol. The summed E-state index contributed by atoms with van der Waals surface area (Å²) in [6.07, 6.45) is -4.67. The first kappa shape index (κ1) is 15.8. The van der Waals surface area contributed by atoms with Crippen LogP contribution in [-0.4, -0.2) is 22.8 Å². The molecular formula is C13H11F4NO2S. The van der Waals surface area contributed by atoms with Crippen molar-refractivity contribution in [3.63, 3.8) is 0 Å².